The van der Waals surface area contributed by atoms with Gasteiger partial charge in [-0.15, -0.1) is 0 Å². The van der Waals surface area contributed by atoms with E-state index in [0.29, 0.717) is 39.7 Å². The van der Waals surface area contributed by atoms with Gasteiger partial charge in [-0.05, 0) is 55.0 Å². The Morgan fingerprint density at radius 1 is 1.09 bits per heavy atom. The van der Waals surface area contributed by atoms with Crippen LogP contribution in [-0.2, 0) is 4.79 Å². The smallest absolute Gasteiger partial charge is 0.268 e. The molecule has 0 radical (unpaired) electrons. The Bertz CT molecular complexity index is 1290. The van der Waals surface area contributed by atoms with Crippen molar-refractivity contribution in [1.82, 2.24) is 14.5 Å². The summed E-state index contributed by atoms with van der Waals surface area (Å²) in [5, 5.41) is 3.32. The Morgan fingerprint density at radius 3 is 2.53 bits per heavy atom. The average Bonchev–Trinajstić information content (AvgIpc) is 2.83. The van der Waals surface area contributed by atoms with Crippen molar-refractivity contribution in [3.05, 3.63) is 83.3 Å². The maximum Gasteiger partial charge on any atom is 0.268 e. The molecular formula is C24H22N4O3S. The molecule has 0 saturated heterocycles. The summed E-state index contributed by atoms with van der Waals surface area (Å²) in [6.07, 6.45) is 2.15. The monoisotopic (exact) mass is 446 g/mol. The zero-order chi connectivity index (χ0) is 22.5. The first-order chi connectivity index (χ1) is 15.6. The number of rotatable bonds is 7. The van der Waals surface area contributed by atoms with Crippen LogP contribution < -0.4 is 15.6 Å². The van der Waals surface area contributed by atoms with E-state index in [4.69, 9.17) is 4.74 Å². The molecule has 2 aromatic carbocycles. The van der Waals surface area contributed by atoms with Crippen molar-refractivity contribution >= 4 is 34.4 Å². The number of pyridine rings is 1. The number of methoxy groups -OCH3 is 1. The first-order valence-electron chi connectivity index (χ1n) is 10.2. The largest absolute Gasteiger partial charge is 0.497 e. The number of benzene rings is 2. The number of para-hydroxylation sites is 1. The highest BCUT2D eigenvalue weighted by Crippen LogP contribution is 2.27. The quantitative estimate of drug-likeness (QED) is 0.337. The predicted molar refractivity (Wildman–Crippen MR) is 127 cm³/mol. The first kappa shape index (κ1) is 21.6. The van der Waals surface area contributed by atoms with Crippen LogP contribution in [0, 0.1) is 0 Å². The summed E-state index contributed by atoms with van der Waals surface area (Å²) in [6, 6.07) is 19.8. The number of fused-ring (bicyclic) bond motifs is 1. The van der Waals surface area contributed by atoms with Crippen LogP contribution in [0.15, 0.2) is 82.9 Å². The number of hydrogen-bond donors (Lipinski definition) is 1. The van der Waals surface area contributed by atoms with Crippen LogP contribution in [0.5, 0.6) is 5.75 Å². The van der Waals surface area contributed by atoms with Gasteiger partial charge in [-0.3, -0.25) is 14.2 Å². The highest BCUT2D eigenvalue weighted by molar-refractivity contribution is 8.00. The molecule has 7 nitrogen and oxygen atoms in total. The molecule has 162 valence electrons. The molecule has 32 heavy (non-hydrogen) atoms. The van der Waals surface area contributed by atoms with Gasteiger partial charge in [0.15, 0.2) is 10.8 Å². The molecule has 0 fully saturated rings. The number of anilines is 1. The van der Waals surface area contributed by atoms with Crippen LogP contribution >= 0.6 is 11.8 Å². The van der Waals surface area contributed by atoms with Crippen molar-refractivity contribution in [2.75, 3.05) is 12.4 Å². The van der Waals surface area contributed by atoms with E-state index < -0.39 is 5.25 Å². The minimum atomic E-state index is -0.458. The van der Waals surface area contributed by atoms with Gasteiger partial charge in [0.2, 0.25) is 5.91 Å². The van der Waals surface area contributed by atoms with Crippen molar-refractivity contribution in [3.8, 4) is 11.4 Å². The molecule has 1 N–H and O–H groups in total. The number of nitrogens with one attached hydrogen (secondary N) is 1. The normalized spacial score (nSPS) is 11.8. The van der Waals surface area contributed by atoms with Crippen LogP contribution in [-0.4, -0.2) is 32.8 Å². The Morgan fingerprint density at radius 2 is 1.84 bits per heavy atom. The Balaban J connectivity index is 1.69. The van der Waals surface area contributed by atoms with E-state index in [1.54, 1.807) is 49.7 Å². The minimum absolute atomic E-state index is 0.169. The standard InChI is InChI=1S/C24H22N4O3S/c1-3-20(22(29)26-16-11-13-18(31-2)14-12-16)32-24-27-21-19(10-7-15-25-21)23(30)28(24)17-8-5-4-6-9-17/h4-15,20H,3H2,1-2H3,(H,26,29)/t20-/m0/s1. The topological polar surface area (TPSA) is 86.1 Å². The van der Waals surface area contributed by atoms with Crippen molar-refractivity contribution in [1.29, 1.82) is 0 Å². The lowest BCUT2D eigenvalue weighted by atomic mass is 10.2. The third kappa shape index (κ3) is 4.50. The highest BCUT2D eigenvalue weighted by Gasteiger charge is 2.23. The summed E-state index contributed by atoms with van der Waals surface area (Å²) in [5.41, 5.74) is 1.49. The highest BCUT2D eigenvalue weighted by atomic mass is 32.2. The van der Waals surface area contributed by atoms with Gasteiger partial charge in [0, 0.05) is 11.9 Å². The van der Waals surface area contributed by atoms with Gasteiger partial charge >= 0.3 is 0 Å². The summed E-state index contributed by atoms with van der Waals surface area (Å²) >= 11 is 1.25. The Hall–Kier alpha value is -3.65. The van der Waals surface area contributed by atoms with E-state index >= 15 is 0 Å². The molecule has 8 heteroatoms. The summed E-state index contributed by atoms with van der Waals surface area (Å²) in [7, 11) is 1.59. The Labute approximate surface area is 189 Å². The molecule has 0 saturated carbocycles. The van der Waals surface area contributed by atoms with Crippen LogP contribution in [0.25, 0.3) is 16.7 Å². The zero-order valence-corrected chi connectivity index (χ0v) is 18.5. The van der Waals surface area contributed by atoms with Gasteiger partial charge in [-0.1, -0.05) is 36.9 Å². The summed E-state index contributed by atoms with van der Waals surface area (Å²) < 4.78 is 6.70. The molecule has 4 rings (SSSR count). The molecule has 0 spiro atoms. The number of ether oxygens (including phenoxy) is 1. The van der Waals surface area contributed by atoms with E-state index in [1.807, 2.05) is 37.3 Å². The summed E-state index contributed by atoms with van der Waals surface area (Å²) in [4.78, 5) is 35.2. The molecule has 2 aromatic heterocycles. The number of hydrogen-bond acceptors (Lipinski definition) is 6. The van der Waals surface area contributed by atoms with E-state index in [1.165, 1.54) is 16.3 Å². The van der Waals surface area contributed by atoms with Crippen LogP contribution in [0.4, 0.5) is 5.69 Å². The maximum atomic E-state index is 13.3. The zero-order valence-electron chi connectivity index (χ0n) is 17.7. The van der Waals surface area contributed by atoms with Crippen LogP contribution in [0.3, 0.4) is 0 Å². The van der Waals surface area contributed by atoms with E-state index in [0.717, 1.165) is 0 Å². The third-order valence-electron chi connectivity index (χ3n) is 4.90. The fourth-order valence-electron chi connectivity index (χ4n) is 3.23. The van der Waals surface area contributed by atoms with Crippen molar-refractivity contribution in [2.24, 2.45) is 0 Å². The molecule has 1 atom stereocenters. The number of thioether (sulfide) groups is 1. The van der Waals surface area contributed by atoms with Crippen LogP contribution in [0.2, 0.25) is 0 Å². The summed E-state index contributed by atoms with van der Waals surface area (Å²) in [6.45, 7) is 1.93. The average molecular weight is 447 g/mol. The first-order valence-corrected chi connectivity index (χ1v) is 11.0. The predicted octanol–water partition coefficient (Wildman–Crippen LogP) is 4.30. The lowest BCUT2D eigenvalue weighted by Crippen LogP contribution is -2.27. The van der Waals surface area contributed by atoms with Gasteiger partial charge in [-0.2, -0.15) is 0 Å². The van der Waals surface area contributed by atoms with Crippen LogP contribution in [0.1, 0.15) is 13.3 Å². The summed E-state index contributed by atoms with van der Waals surface area (Å²) in [5.74, 6) is 0.543. The van der Waals surface area contributed by atoms with Gasteiger partial charge in [0.1, 0.15) is 5.75 Å². The molecule has 0 aliphatic carbocycles. The fourth-order valence-corrected chi connectivity index (χ4v) is 4.25. The molecule has 0 bridgehead atoms. The van der Waals surface area contributed by atoms with Crippen molar-refractivity contribution in [2.45, 2.75) is 23.8 Å². The van der Waals surface area contributed by atoms with E-state index in [2.05, 4.69) is 15.3 Å². The Kier molecular flexibility index (Phi) is 6.51. The second-order valence-electron chi connectivity index (χ2n) is 6.98. The molecule has 1 amide bonds. The van der Waals surface area contributed by atoms with Gasteiger partial charge < -0.3 is 10.1 Å². The second-order valence-corrected chi connectivity index (χ2v) is 8.15. The SMILES string of the molecule is CC[C@H](Sc1nc2ncccc2c(=O)n1-c1ccccc1)C(=O)Nc1ccc(OC)cc1. The molecule has 4 aromatic rings. The lowest BCUT2D eigenvalue weighted by Gasteiger charge is -2.18. The molecule has 0 aliphatic rings. The lowest BCUT2D eigenvalue weighted by molar-refractivity contribution is -0.115. The fraction of sp³-hybridized carbons (Fsp3) is 0.167. The van der Waals surface area contributed by atoms with E-state index in [-0.39, 0.29) is 11.5 Å². The van der Waals surface area contributed by atoms with Gasteiger partial charge in [0.05, 0.1) is 23.4 Å². The number of aromatic nitrogens is 3. The number of carbonyl (C=O) groups is 1. The second kappa shape index (κ2) is 9.65. The number of carbonyl (C=O) groups excluding carboxylic acids is 1. The molecule has 2 heterocycles. The molecular weight excluding hydrogens is 424 g/mol. The minimum Gasteiger partial charge on any atom is -0.497 e. The molecule has 0 unspecified atom stereocenters. The number of nitrogens with zero attached hydrogens (tertiary/aromatic N) is 3. The van der Waals surface area contributed by atoms with Crippen molar-refractivity contribution < 1.29 is 9.53 Å². The third-order valence-corrected chi connectivity index (χ3v) is 6.21. The van der Waals surface area contributed by atoms with E-state index in [9.17, 15) is 9.59 Å². The van der Waals surface area contributed by atoms with Gasteiger partial charge in [-0.25, -0.2) is 9.97 Å². The molecule has 0 aliphatic heterocycles. The number of amides is 1. The maximum absolute atomic E-state index is 13.3. The van der Waals surface area contributed by atoms with Gasteiger partial charge in [0.25, 0.3) is 5.56 Å². The van der Waals surface area contributed by atoms with Crippen molar-refractivity contribution in [3.63, 3.8) is 0 Å².